The summed E-state index contributed by atoms with van der Waals surface area (Å²) in [6, 6.07) is 9.16. The van der Waals surface area contributed by atoms with Gasteiger partial charge in [0.1, 0.15) is 0 Å². The lowest BCUT2D eigenvalue weighted by Gasteiger charge is -2.23. The molecule has 1 saturated heterocycles. The topological polar surface area (TPSA) is 79.5 Å². The van der Waals surface area contributed by atoms with Gasteiger partial charge in [-0.15, -0.1) is 12.4 Å². The smallest absolute Gasteiger partial charge is 0.243 e. The molecule has 1 aliphatic rings. The van der Waals surface area contributed by atoms with Gasteiger partial charge in [-0.2, -0.15) is 0 Å². The summed E-state index contributed by atoms with van der Waals surface area (Å²) in [6.45, 7) is 1.94. The Balaban J connectivity index is 0.00000220. The van der Waals surface area contributed by atoms with Crippen molar-refractivity contribution >= 4 is 29.9 Å². The first kappa shape index (κ1) is 17.4. The van der Waals surface area contributed by atoms with E-state index in [-0.39, 0.29) is 36.8 Å². The molecule has 6 nitrogen and oxygen atoms in total. The van der Waals surface area contributed by atoms with Crippen LogP contribution in [0.3, 0.4) is 0 Å². The number of amides is 2. The summed E-state index contributed by atoms with van der Waals surface area (Å²) in [5, 5.41) is 8.50. The van der Waals surface area contributed by atoms with Gasteiger partial charge in [0.15, 0.2) is 0 Å². The predicted octanol–water partition coefficient (Wildman–Crippen LogP) is 0.542. The van der Waals surface area contributed by atoms with Crippen molar-refractivity contribution in [2.24, 2.45) is 0 Å². The molecule has 0 radical (unpaired) electrons. The quantitative estimate of drug-likeness (QED) is 0.741. The molecule has 0 aliphatic carbocycles. The second-order valence-corrected chi connectivity index (χ2v) is 4.62. The molecular formula is C14H20ClN3O3. The molecule has 116 valence electrons. The number of rotatable bonds is 5. The normalized spacial score (nSPS) is 17.4. The van der Waals surface area contributed by atoms with E-state index in [4.69, 9.17) is 4.74 Å². The number of anilines is 1. The first-order valence-corrected chi connectivity index (χ1v) is 6.67. The van der Waals surface area contributed by atoms with E-state index in [1.807, 2.05) is 18.2 Å². The van der Waals surface area contributed by atoms with E-state index in [0.717, 1.165) is 6.54 Å². The molecular weight excluding hydrogens is 294 g/mol. The van der Waals surface area contributed by atoms with Crippen LogP contribution in [0.25, 0.3) is 0 Å². The minimum Gasteiger partial charge on any atom is -0.378 e. The van der Waals surface area contributed by atoms with E-state index >= 15 is 0 Å². The summed E-state index contributed by atoms with van der Waals surface area (Å²) in [5.41, 5.74) is 0.717. The lowest BCUT2D eigenvalue weighted by Crippen LogP contribution is -2.45. The Morgan fingerprint density at radius 2 is 2.00 bits per heavy atom. The number of benzene rings is 1. The molecule has 1 aliphatic heterocycles. The van der Waals surface area contributed by atoms with Crippen LogP contribution in [-0.2, 0) is 14.3 Å². The first-order valence-electron chi connectivity index (χ1n) is 6.67. The van der Waals surface area contributed by atoms with Crippen LogP contribution in [0.5, 0.6) is 0 Å². The molecule has 0 saturated carbocycles. The first-order chi connectivity index (χ1) is 9.74. The Morgan fingerprint density at radius 3 is 2.67 bits per heavy atom. The third kappa shape index (κ3) is 6.57. The number of hydrogen-bond acceptors (Lipinski definition) is 4. The zero-order valence-corrected chi connectivity index (χ0v) is 12.4. The van der Waals surface area contributed by atoms with Crippen LogP contribution < -0.4 is 16.0 Å². The van der Waals surface area contributed by atoms with Crippen molar-refractivity contribution in [3.63, 3.8) is 0 Å². The van der Waals surface area contributed by atoms with Gasteiger partial charge >= 0.3 is 0 Å². The molecule has 0 aromatic heterocycles. The lowest BCUT2D eigenvalue weighted by atomic mass is 10.2. The summed E-state index contributed by atoms with van der Waals surface area (Å²) in [7, 11) is 0. The van der Waals surface area contributed by atoms with Crippen LogP contribution in [0.15, 0.2) is 30.3 Å². The van der Waals surface area contributed by atoms with Gasteiger partial charge in [0, 0.05) is 24.7 Å². The number of hydrogen-bond donors (Lipinski definition) is 3. The molecule has 2 amide bonds. The van der Waals surface area contributed by atoms with Crippen LogP contribution in [0, 0.1) is 0 Å². The van der Waals surface area contributed by atoms with E-state index in [2.05, 4.69) is 16.0 Å². The minimum absolute atomic E-state index is 0. The highest BCUT2D eigenvalue weighted by Crippen LogP contribution is 2.04. The monoisotopic (exact) mass is 313 g/mol. The zero-order chi connectivity index (χ0) is 14.2. The number of carbonyl (C=O) groups excluding carboxylic acids is 2. The third-order valence-corrected chi connectivity index (χ3v) is 2.93. The summed E-state index contributed by atoms with van der Waals surface area (Å²) in [4.78, 5) is 23.3. The maximum atomic E-state index is 11.7. The molecule has 1 fully saturated rings. The standard InChI is InChI=1S/C14H19N3O3.ClH/c18-13(8-12-10-20-7-6-15-12)16-9-14(19)17-11-4-2-1-3-5-11;/h1-5,12,15H,6-10H2,(H,16,18)(H,17,19);1H. The van der Waals surface area contributed by atoms with Crippen molar-refractivity contribution in [2.75, 3.05) is 31.6 Å². The minimum atomic E-state index is -0.239. The number of nitrogens with one attached hydrogen (secondary N) is 3. The zero-order valence-electron chi connectivity index (χ0n) is 11.6. The molecule has 1 aromatic rings. The van der Waals surface area contributed by atoms with Crippen LogP contribution in [0.1, 0.15) is 6.42 Å². The fraction of sp³-hybridized carbons (Fsp3) is 0.429. The highest BCUT2D eigenvalue weighted by Gasteiger charge is 2.17. The van der Waals surface area contributed by atoms with E-state index in [1.165, 1.54) is 0 Å². The van der Waals surface area contributed by atoms with E-state index in [0.29, 0.717) is 25.3 Å². The van der Waals surface area contributed by atoms with Gasteiger partial charge in [0.25, 0.3) is 0 Å². The predicted molar refractivity (Wildman–Crippen MR) is 82.6 cm³/mol. The summed E-state index contributed by atoms with van der Waals surface area (Å²) < 4.78 is 5.27. The fourth-order valence-electron chi connectivity index (χ4n) is 1.95. The van der Waals surface area contributed by atoms with Crippen LogP contribution in [0.2, 0.25) is 0 Å². The molecule has 0 bridgehead atoms. The molecule has 7 heteroatoms. The Kier molecular flexibility index (Phi) is 7.74. The average Bonchev–Trinajstić information content (AvgIpc) is 2.47. The maximum absolute atomic E-state index is 11.7. The molecule has 0 spiro atoms. The molecule has 1 unspecified atom stereocenters. The second-order valence-electron chi connectivity index (χ2n) is 4.62. The third-order valence-electron chi connectivity index (χ3n) is 2.93. The Labute approximate surface area is 130 Å². The van der Waals surface area contributed by atoms with E-state index < -0.39 is 0 Å². The molecule has 3 N–H and O–H groups in total. The van der Waals surface area contributed by atoms with Crippen LogP contribution in [-0.4, -0.2) is 44.2 Å². The van der Waals surface area contributed by atoms with Crippen LogP contribution >= 0.6 is 12.4 Å². The number of morpholine rings is 1. The molecule has 1 heterocycles. The molecule has 1 atom stereocenters. The second kappa shape index (κ2) is 9.33. The van der Waals surface area contributed by atoms with Crippen molar-refractivity contribution in [1.82, 2.24) is 10.6 Å². The average molecular weight is 314 g/mol. The van der Waals surface area contributed by atoms with Gasteiger partial charge in [-0.25, -0.2) is 0 Å². The fourth-order valence-corrected chi connectivity index (χ4v) is 1.95. The number of carbonyl (C=O) groups is 2. The van der Waals surface area contributed by atoms with Crippen molar-refractivity contribution in [3.05, 3.63) is 30.3 Å². The van der Waals surface area contributed by atoms with Crippen molar-refractivity contribution in [2.45, 2.75) is 12.5 Å². The lowest BCUT2D eigenvalue weighted by molar-refractivity contribution is -0.125. The molecule has 1 aromatic carbocycles. The summed E-state index contributed by atoms with van der Waals surface area (Å²) in [6.07, 6.45) is 0.318. The van der Waals surface area contributed by atoms with Gasteiger partial charge < -0.3 is 20.7 Å². The molecule has 2 rings (SSSR count). The van der Waals surface area contributed by atoms with Gasteiger partial charge in [0.2, 0.25) is 11.8 Å². The van der Waals surface area contributed by atoms with Crippen LogP contribution in [0.4, 0.5) is 5.69 Å². The Bertz CT molecular complexity index is 450. The van der Waals surface area contributed by atoms with E-state index in [1.54, 1.807) is 12.1 Å². The van der Waals surface area contributed by atoms with Gasteiger partial charge in [-0.05, 0) is 12.1 Å². The van der Waals surface area contributed by atoms with Crippen molar-refractivity contribution in [1.29, 1.82) is 0 Å². The van der Waals surface area contributed by atoms with Gasteiger partial charge in [0.05, 0.1) is 19.8 Å². The SMILES string of the molecule is Cl.O=C(CC1COCCN1)NCC(=O)Nc1ccccc1. The number of halogens is 1. The largest absolute Gasteiger partial charge is 0.378 e. The van der Waals surface area contributed by atoms with Crippen molar-refractivity contribution < 1.29 is 14.3 Å². The highest BCUT2D eigenvalue weighted by molar-refractivity contribution is 5.94. The van der Waals surface area contributed by atoms with Gasteiger partial charge in [-0.3, -0.25) is 9.59 Å². The molecule has 21 heavy (non-hydrogen) atoms. The summed E-state index contributed by atoms with van der Waals surface area (Å²) >= 11 is 0. The summed E-state index contributed by atoms with van der Waals surface area (Å²) in [5.74, 6) is -0.395. The number of ether oxygens (including phenoxy) is 1. The Hall–Kier alpha value is -1.63. The highest BCUT2D eigenvalue weighted by atomic mass is 35.5. The number of para-hydroxylation sites is 1. The van der Waals surface area contributed by atoms with E-state index in [9.17, 15) is 9.59 Å². The maximum Gasteiger partial charge on any atom is 0.243 e. The van der Waals surface area contributed by atoms with Crippen molar-refractivity contribution in [3.8, 4) is 0 Å². The Morgan fingerprint density at radius 1 is 1.24 bits per heavy atom. The van der Waals surface area contributed by atoms with Gasteiger partial charge in [-0.1, -0.05) is 18.2 Å².